The summed E-state index contributed by atoms with van der Waals surface area (Å²) < 4.78 is 0. The van der Waals surface area contributed by atoms with Crippen molar-refractivity contribution in [1.82, 2.24) is 5.32 Å². The summed E-state index contributed by atoms with van der Waals surface area (Å²) in [5.41, 5.74) is 2.63. The van der Waals surface area contributed by atoms with Crippen molar-refractivity contribution in [3.05, 3.63) is 29.8 Å². The molecule has 1 amide bonds. The molecular formula is C18H26N2O. The SMILES string of the molecule is CCC1(CNC(=O)C2CCNc3ccccc32)CCCC1. The second-order valence-electron chi connectivity index (χ2n) is 6.63. The highest BCUT2D eigenvalue weighted by molar-refractivity contribution is 5.86. The van der Waals surface area contributed by atoms with E-state index in [0.717, 1.165) is 30.8 Å². The van der Waals surface area contributed by atoms with Crippen LogP contribution in [0.1, 0.15) is 56.9 Å². The van der Waals surface area contributed by atoms with Crippen LogP contribution >= 0.6 is 0 Å². The molecule has 1 aromatic rings. The Kier molecular flexibility index (Phi) is 4.18. The normalized spacial score (nSPS) is 23.2. The monoisotopic (exact) mass is 286 g/mol. The molecule has 2 aliphatic rings. The van der Waals surface area contributed by atoms with E-state index >= 15 is 0 Å². The molecule has 3 rings (SSSR count). The molecule has 2 N–H and O–H groups in total. The molecule has 3 heteroatoms. The van der Waals surface area contributed by atoms with Gasteiger partial charge in [-0.05, 0) is 42.7 Å². The van der Waals surface area contributed by atoms with Crippen LogP contribution in [-0.2, 0) is 4.79 Å². The molecule has 1 heterocycles. The summed E-state index contributed by atoms with van der Waals surface area (Å²) >= 11 is 0. The predicted molar refractivity (Wildman–Crippen MR) is 86.5 cm³/mol. The van der Waals surface area contributed by atoms with Crippen LogP contribution in [0.15, 0.2) is 24.3 Å². The molecule has 1 aliphatic carbocycles. The largest absolute Gasteiger partial charge is 0.385 e. The molecule has 0 saturated heterocycles. The number of rotatable bonds is 4. The number of carbonyl (C=O) groups excluding carboxylic acids is 1. The van der Waals surface area contributed by atoms with E-state index in [1.54, 1.807) is 0 Å². The Hall–Kier alpha value is -1.51. The molecule has 1 fully saturated rings. The van der Waals surface area contributed by atoms with Gasteiger partial charge in [0, 0.05) is 18.8 Å². The molecule has 1 aromatic carbocycles. The lowest BCUT2D eigenvalue weighted by Crippen LogP contribution is -2.39. The zero-order valence-corrected chi connectivity index (χ0v) is 13.0. The van der Waals surface area contributed by atoms with Gasteiger partial charge >= 0.3 is 0 Å². The minimum Gasteiger partial charge on any atom is -0.385 e. The Morgan fingerprint density at radius 1 is 1.33 bits per heavy atom. The highest BCUT2D eigenvalue weighted by Gasteiger charge is 2.33. The highest BCUT2D eigenvalue weighted by atomic mass is 16.1. The Bertz CT molecular complexity index is 506. The van der Waals surface area contributed by atoms with Gasteiger partial charge in [-0.2, -0.15) is 0 Å². The molecular weight excluding hydrogens is 260 g/mol. The Morgan fingerprint density at radius 2 is 2.10 bits per heavy atom. The molecule has 1 unspecified atom stereocenters. The summed E-state index contributed by atoms with van der Waals surface area (Å²) in [5, 5.41) is 6.64. The second kappa shape index (κ2) is 6.08. The van der Waals surface area contributed by atoms with Gasteiger partial charge in [-0.15, -0.1) is 0 Å². The maximum Gasteiger partial charge on any atom is 0.227 e. The lowest BCUT2D eigenvalue weighted by atomic mass is 9.83. The molecule has 1 aliphatic heterocycles. The maximum absolute atomic E-state index is 12.6. The number of fused-ring (bicyclic) bond motifs is 1. The second-order valence-corrected chi connectivity index (χ2v) is 6.63. The van der Waals surface area contributed by atoms with Crippen molar-refractivity contribution in [2.45, 2.75) is 51.4 Å². The summed E-state index contributed by atoms with van der Waals surface area (Å²) in [6, 6.07) is 8.20. The summed E-state index contributed by atoms with van der Waals surface area (Å²) in [6.45, 7) is 4.00. The van der Waals surface area contributed by atoms with Gasteiger partial charge in [0.15, 0.2) is 0 Å². The van der Waals surface area contributed by atoms with Crippen LogP contribution in [0.4, 0.5) is 5.69 Å². The van der Waals surface area contributed by atoms with E-state index in [2.05, 4.69) is 29.7 Å². The van der Waals surface area contributed by atoms with Crippen LogP contribution in [0.2, 0.25) is 0 Å². The van der Waals surface area contributed by atoms with Crippen LogP contribution < -0.4 is 10.6 Å². The van der Waals surface area contributed by atoms with Crippen molar-refractivity contribution in [3.8, 4) is 0 Å². The Balaban J connectivity index is 1.66. The predicted octanol–water partition coefficient (Wildman–Crippen LogP) is 3.67. The number of amides is 1. The van der Waals surface area contributed by atoms with E-state index in [9.17, 15) is 4.79 Å². The number of anilines is 1. The lowest BCUT2D eigenvalue weighted by molar-refractivity contribution is -0.123. The summed E-state index contributed by atoms with van der Waals surface area (Å²) in [6.07, 6.45) is 7.25. The summed E-state index contributed by atoms with van der Waals surface area (Å²) in [4.78, 5) is 12.6. The molecule has 114 valence electrons. The van der Waals surface area contributed by atoms with Gasteiger partial charge in [0.25, 0.3) is 0 Å². The average Bonchev–Trinajstić information content (AvgIpc) is 3.01. The number of hydrogen-bond acceptors (Lipinski definition) is 2. The van der Waals surface area contributed by atoms with Crippen LogP contribution in [0, 0.1) is 5.41 Å². The van der Waals surface area contributed by atoms with Crippen LogP contribution in [-0.4, -0.2) is 19.0 Å². The minimum absolute atomic E-state index is 0.0118. The zero-order valence-electron chi connectivity index (χ0n) is 13.0. The van der Waals surface area contributed by atoms with Crippen LogP contribution in [0.5, 0.6) is 0 Å². The van der Waals surface area contributed by atoms with Crippen molar-refractivity contribution < 1.29 is 4.79 Å². The summed E-state index contributed by atoms with van der Waals surface area (Å²) in [7, 11) is 0. The van der Waals surface area contributed by atoms with E-state index in [-0.39, 0.29) is 11.8 Å². The molecule has 21 heavy (non-hydrogen) atoms. The first-order valence-electron chi connectivity index (χ1n) is 8.35. The van der Waals surface area contributed by atoms with Gasteiger partial charge in [-0.1, -0.05) is 38.0 Å². The molecule has 3 nitrogen and oxygen atoms in total. The van der Waals surface area contributed by atoms with Gasteiger partial charge in [0.1, 0.15) is 0 Å². The first-order valence-corrected chi connectivity index (χ1v) is 8.35. The smallest absolute Gasteiger partial charge is 0.227 e. The molecule has 0 radical (unpaired) electrons. The van der Waals surface area contributed by atoms with Crippen molar-refractivity contribution in [2.75, 3.05) is 18.4 Å². The quantitative estimate of drug-likeness (QED) is 0.886. The van der Waals surface area contributed by atoms with E-state index in [0.29, 0.717) is 5.41 Å². The van der Waals surface area contributed by atoms with Crippen molar-refractivity contribution >= 4 is 11.6 Å². The standard InChI is InChI=1S/C18H26N2O/c1-2-18(10-5-6-11-18)13-20-17(21)15-9-12-19-16-8-4-3-7-14(15)16/h3-4,7-8,15,19H,2,5-6,9-13H2,1H3,(H,20,21). The molecule has 0 aromatic heterocycles. The average molecular weight is 286 g/mol. The summed E-state index contributed by atoms with van der Waals surface area (Å²) in [5.74, 6) is 0.224. The third kappa shape index (κ3) is 2.92. The fourth-order valence-corrected chi connectivity index (χ4v) is 3.92. The Morgan fingerprint density at radius 3 is 2.86 bits per heavy atom. The molecule has 0 bridgehead atoms. The third-order valence-corrected chi connectivity index (χ3v) is 5.45. The zero-order chi connectivity index (χ0) is 14.7. The third-order valence-electron chi connectivity index (χ3n) is 5.45. The van der Waals surface area contributed by atoms with Gasteiger partial charge < -0.3 is 10.6 Å². The number of para-hydroxylation sites is 1. The first-order chi connectivity index (χ1) is 10.2. The van der Waals surface area contributed by atoms with Gasteiger partial charge in [-0.25, -0.2) is 0 Å². The highest BCUT2D eigenvalue weighted by Crippen LogP contribution is 2.40. The molecule has 1 atom stereocenters. The number of hydrogen-bond donors (Lipinski definition) is 2. The van der Waals surface area contributed by atoms with Gasteiger partial charge in [0.2, 0.25) is 5.91 Å². The van der Waals surface area contributed by atoms with E-state index in [1.165, 1.54) is 32.1 Å². The fourth-order valence-electron chi connectivity index (χ4n) is 3.92. The van der Waals surface area contributed by atoms with Crippen molar-refractivity contribution in [1.29, 1.82) is 0 Å². The topological polar surface area (TPSA) is 41.1 Å². The maximum atomic E-state index is 12.6. The molecule has 1 saturated carbocycles. The van der Waals surface area contributed by atoms with Crippen molar-refractivity contribution in [2.24, 2.45) is 5.41 Å². The number of benzene rings is 1. The fraction of sp³-hybridized carbons (Fsp3) is 0.611. The number of carbonyl (C=O) groups is 1. The molecule has 0 spiro atoms. The van der Waals surface area contributed by atoms with Crippen LogP contribution in [0.25, 0.3) is 0 Å². The Labute approximate surface area is 127 Å². The minimum atomic E-state index is 0.0118. The van der Waals surface area contributed by atoms with Crippen molar-refractivity contribution in [3.63, 3.8) is 0 Å². The van der Waals surface area contributed by atoms with E-state index in [4.69, 9.17) is 0 Å². The lowest BCUT2D eigenvalue weighted by Gasteiger charge is -2.30. The number of nitrogens with one attached hydrogen (secondary N) is 2. The van der Waals surface area contributed by atoms with Crippen LogP contribution in [0.3, 0.4) is 0 Å². The van der Waals surface area contributed by atoms with E-state index < -0.39 is 0 Å². The van der Waals surface area contributed by atoms with E-state index in [1.807, 2.05) is 12.1 Å². The van der Waals surface area contributed by atoms with Gasteiger partial charge in [-0.3, -0.25) is 4.79 Å². The first kappa shape index (κ1) is 14.4. The van der Waals surface area contributed by atoms with Gasteiger partial charge in [0.05, 0.1) is 5.92 Å².